The Balaban J connectivity index is 1.52. The number of carbonyl (C=O) groups is 1. The maximum absolute atomic E-state index is 13.3. The first-order valence-corrected chi connectivity index (χ1v) is 9.43. The van der Waals surface area contributed by atoms with Gasteiger partial charge in [-0.1, -0.05) is 11.6 Å². The molecule has 1 aliphatic heterocycles. The molecule has 0 bridgehead atoms. The van der Waals surface area contributed by atoms with Crippen LogP contribution in [0.25, 0.3) is 10.9 Å². The molecule has 0 aliphatic carbocycles. The second-order valence-corrected chi connectivity index (χ2v) is 7.78. The highest BCUT2D eigenvalue weighted by molar-refractivity contribution is 6.31. The van der Waals surface area contributed by atoms with E-state index in [4.69, 9.17) is 11.6 Å². The molecule has 0 saturated carbocycles. The van der Waals surface area contributed by atoms with E-state index in [1.165, 1.54) is 0 Å². The molecule has 0 radical (unpaired) electrons. The van der Waals surface area contributed by atoms with E-state index in [0.29, 0.717) is 18.1 Å². The van der Waals surface area contributed by atoms with Gasteiger partial charge in [-0.25, -0.2) is 9.97 Å². The summed E-state index contributed by atoms with van der Waals surface area (Å²) in [4.78, 5) is 29.2. The summed E-state index contributed by atoms with van der Waals surface area (Å²) in [5, 5.41) is 1.67. The molecule has 0 unspecified atom stereocenters. The highest BCUT2D eigenvalue weighted by atomic mass is 35.5. The third-order valence-corrected chi connectivity index (χ3v) is 5.49. The van der Waals surface area contributed by atoms with Gasteiger partial charge in [-0.05, 0) is 43.7 Å². The van der Waals surface area contributed by atoms with Gasteiger partial charge in [-0.2, -0.15) is 0 Å². The summed E-state index contributed by atoms with van der Waals surface area (Å²) in [6.45, 7) is 6.72. The fourth-order valence-corrected chi connectivity index (χ4v) is 3.86. The Hall–Kier alpha value is -2.60. The van der Waals surface area contributed by atoms with Crippen molar-refractivity contribution in [1.82, 2.24) is 19.9 Å². The van der Waals surface area contributed by atoms with Gasteiger partial charge in [0.1, 0.15) is 0 Å². The second kappa shape index (κ2) is 6.85. The molecule has 2 aromatic heterocycles. The van der Waals surface area contributed by atoms with Gasteiger partial charge >= 0.3 is 0 Å². The molecule has 3 aromatic rings. The standard InChI is InChI=1S/C20H22ClN5O/c1-20(2,16-13-24-17-5-4-14(21)12-15(16)17)18(27)25-8-10-26(11-9-25)19-22-6-3-7-23-19/h3-7,12-13,24H,8-11H2,1-2H3. The number of nitrogens with one attached hydrogen (secondary N) is 1. The smallest absolute Gasteiger partial charge is 0.232 e. The molecule has 3 heterocycles. The van der Waals surface area contributed by atoms with E-state index < -0.39 is 5.41 Å². The molecular weight excluding hydrogens is 362 g/mol. The van der Waals surface area contributed by atoms with Crippen molar-refractivity contribution in [3.8, 4) is 0 Å². The fraction of sp³-hybridized carbons (Fsp3) is 0.350. The summed E-state index contributed by atoms with van der Waals surface area (Å²) in [7, 11) is 0. The molecule has 0 spiro atoms. The normalized spacial score (nSPS) is 15.4. The van der Waals surface area contributed by atoms with E-state index >= 15 is 0 Å². The molecule has 1 aromatic carbocycles. The predicted octanol–water partition coefficient (Wildman–Crippen LogP) is 3.24. The Morgan fingerprint density at radius 1 is 1.15 bits per heavy atom. The van der Waals surface area contributed by atoms with Crippen LogP contribution in [0.5, 0.6) is 0 Å². The molecule has 27 heavy (non-hydrogen) atoms. The number of rotatable bonds is 3. The molecule has 1 N–H and O–H groups in total. The number of fused-ring (bicyclic) bond motifs is 1. The van der Waals surface area contributed by atoms with E-state index in [0.717, 1.165) is 35.5 Å². The van der Waals surface area contributed by atoms with Crippen LogP contribution in [0, 0.1) is 0 Å². The molecule has 1 saturated heterocycles. The van der Waals surface area contributed by atoms with Gasteiger partial charge in [0.2, 0.25) is 11.9 Å². The maximum Gasteiger partial charge on any atom is 0.232 e. The van der Waals surface area contributed by atoms with E-state index in [1.54, 1.807) is 18.5 Å². The molecule has 1 fully saturated rings. The number of anilines is 1. The molecular formula is C20H22ClN5O. The molecule has 140 valence electrons. The lowest BCUT2D eigenvalue weighted by Gasteiger charge is -2.38. The number of carbonyl (C=O) groups excluding carboxylic acids is 1. The number of aromatic amines is 1. The first-order valence-electron chi connectivity index (χ1n) is 9.05. The average Bonchev–Trinajstić information content (AvgIpc) is 3.12. The van der Waals surface area contributed by atoms with Crippen LogP contribution >= 0.6 is 11.6 Å². The Morgan fingerprint density at radius 3 is 2.56 bits per heavy atom. The molecule has 0 atom stereocenters. The molecule has 7 heteroatoms. The SMILES string of the molecule is CC(C)(C(=O)N1CCN(c2ncccn2)CC1)c1c[nH]c2ccc(Cl)cc12. The number of nitrogens with zero attached hydrogens (tertiary/aromatic N) is 4. The zero-order valence-corrected chi connectivity index (χ0v) is 16.2. The minimum Gasteiger partial charge on any atom is -0.361 e. The molecule has 1 aliphatic rings. The fourth-order valence-electron chi connectivity index (χ4n) is 3.68. The van der Waals surface area contributed by atoms with Crippen LogP contribution in [-0.2, 0) is 10.2 Å². The van der Waals surface area contributed by atoms with Crippen molar-refractivity contribution in [2.75, 3.05) is 31.1 Å². The van der Waals surface area contributed by atoms with Gasteiger partial charge in [-0.3, -0.25) is 4.79 Å². The van der Waals surface area contributed by atoms with Crippen molar-refractivity contribution >= 4 is 34.4 Å². The van der Waals surface area contributed by atoms with Crippen molar-refractivity contribution < 1.29 is 4.79 Å². The maximum atomic E-state index is 13.3. The summed E-state index contributed by atoms with van der Waals surface area (Å²) in [5.74, 6) is 0.840. The summed E-state index contributed by atoms with van der Waals surface area (Å²) in [6.07, 6.45) is 5.41. The summed E-state index contributed by atoms with van der Waals surface area (Å²) < 4.78 is 0. The third-order valence-electron chi connectivity index (χ3n) is 5.25. The Labute approximate surface area is 163 Å². The lowest BCUT2D eigenvalue weighted by Crippen LogP contribution is -2.53. The van der Waals surface area contributed by atoms with Crippen molar-refractivity contribution in [3.63, 3.8) is 0 Å². The highest BCUT2D eigenvalue weighted by Crippen LogP contribution is 2.33. The van der Waals surface area contributed by atoms with Gasteiger partial charge < -0.3 is 14.8 Å². The summed E-state index contributed by atoms with van der Waals surface area (Å²) >= 11 is 6.17. The number of halogens is 1. The van der Waals surface area contributed by atoms with Gasteiger partial charge in [0.15, 0.2) is 0 Å². The van der Waals surface area contributed by atoms with E-state index in [1.807, 2.05) is 43.1 Å². The van der Waals surface area contributed by atoms with Crippen LogP contribution in [0.15, 0.2) is 42.9 Å². The van der Waals surface area contributed by atoms with Crippen LogP contribution in [-0.4, -0.2) is 51.9 Å². The summed E-state index contributed by atoms with van der Waals surface area (Å²) in [6, 6.07) is 7.52. The van der Waals surface area contributed by atoms with Gasteiger partial charge in [0.05, 0.1) is 5.41 Å². The van der Waals surface area contributed by atoms with Crippen LogP contribution < -0.4 is 4.90 Å². The van der Waals surface area contributed by atoms with E-state index in [2.05, 4.69) is 19.9 Å². The quantitative estimate of drug-likeness (QED) is 0.754. The number of amides is 1. The van der Waals surface area contributed by atoms with Gasteiger partial charge in [-0.15, -0.1) is 0 Å². The molecule has 4 rings (SSSR count). The average molecular weight is 384 g/mol. The first kappa shape index (κ1) is 17.8. The van der Waals surface area contributed by atoms with Crippen molar-refractivity contribution in [1.29, 1.82) is 0 Å². The number of piperazine rings is 1. The summed E-state index contributed by atoms with van der Waals surface area (Å²) in [5.41, 5.74) is 1.31. The van der Waals surface area contributed by atoms with E-state index in [9.17, 15) is 4.79 Å². The van der Waals surface area contributed by atoms with Crippen molar-refractivity contribution in [3.05, 3.63) is 53.4 Å². The zero-order valence-electron chi connectivity index (χ0n) is 15.4. The second-order valence-electron chi connectivity index (χ2n) is 7.35. The predicted molar refractivity (Wildman–Crippen MR) is 107 cm³/mol. The number of H-pyrrole nitrogens is 1. The molecule has 1 amide bonds. The lowest BCUT2D eigenvalue weighted by molar-refractivity contribution is -0.136. The zero-order chi connectivity index (χ0) is 19.0. The van der Waals surface area contributed by atoms with Crippen LogP contribution in [0.2, 0.25) is 5.02 Å². The topological polar surface area (TPSA) is 65.1 Å². The Morgan fingerprint density at radius 2 is 1.85 bits per heavy atom. The van der Waals surface area contributed by atoms with Crippen LogP contribution in [0.3, 0.4) is 0 Å². The minimum absolute atomic E-state index is 0.122. The van der Waals surface area contributed by atoms with Crippen LogP contribution in [0.1, 0.15) is 19.4 Å². The lowest BCUT2D eigenvalue weighted by atomic mass is 9.82. The monoisotopic (exact) mass is 383 g/mol. The van der Waals surface area contributed by atoms with Gasteiger partial charge in [0, 0.05) is 60.7 Å². The third kappa shape index (κ3) is 3.25. The van der Waals surface area contributed by atoms with Crippen LogP contribution in [0.4, 0.5) is 5.95 Å². The Bertz CT molecular complexity index is 961. The number of hydrogen-bond acceptors (Lipinski definition) is 4. The first-order chi connectivity index (χ1) is 13.0. The highest BCUT2D eigenvalue weighted by Gasteiger charge is 2.37. The van der Waals surface area contributed by atoms with Gasteiger partial charge in [0.25, 0.3) is 0 Å². The van der Waals surface area contributed by atoms with E-state index in [-0.39, 0.29) is 5.91 Å². The van der Waals surface area contributed by atoms with Crippen molar-refractivity contribution in [2.24, 2.45) is 0 Å². The number of aromatic nitrogens is 3. The largest absolute Gasteiger partial charge is 0.361 e. The number of hydrogen-bond donors (Lipinski definition) is 1. The van der Waals surface area contributed by atoms with Crippen molar-refractivity contribution in [2.45, 2.75) is 19.3 Å². The minimum atomic E-state index is -0.644. The number of benzene rings is 1. The molecule has 6 nitrogen and oxygen atoms in total. The Kier molecular flexibility index (Phi) is 4.52.